The van der Waals surface area contributed by atoms with Crippen molar-refractivity contribution in [3.8, 4) is 0 Å². The molecule has 0 spiro atoms. The SMILES string of the molecule is Cc1ccc(C)c(NC(=O)c2ccc(S(=O)(=O)NCc3cccnc3)cc2)c1. The first-order valence-corrected chi connectivity index (χ1v) is 10.2. The second-order valence-electron chi connectivity index (χ2n) is 6.48. The third kappa shape index (κ3) is 4.82. The topological polar surface area (TPSA) is 88.2 Å². The smallest absolute Gasteiger partial charge is 0.255 e. The predicted molar refractivity (Wildman–Crippen MR) is 109 cm³/mol. The van der Waals surface area contributed by atoms with Gasteiger partial charge in [0, 0.05) is 30.2 Å². The van der Waals surface area contributed by atoms with E-state index in [1.54, 1.807) is 24.5 Å². The number of carbonyl (C=O) groups is 1. The second-order valence-corrected chi connectivity index (χ2v) is 8.25. The first-order chi connectivity index (χ1) is 13.3. The highest BCUT2D eigenvalue weighted by molar-refractivity contribution is 7.89. The van der Waals surface area contributed by atoms with Crippen LogP contribution >= 0.6 is 0 Å². The highest BCUT2D eigenvalue weighted by Crippen LogP contribution is 2.18. The third-order valence-corrected chi connectivity index (χ3v) is 5.67. The van der Waals surface area contributed by atoms with Crippen molar-refractivity contribution in [2.24, 2.45) is 0 Å². The van der Waals surface area contributed by atoms with Crippen LogP contribution in [0.3, 0.4) is 0 Å². The number of nitrogens with one attached hydrogen (secondary N) is 2. The van der Waals surface area contributed by atoms with Gasteiger partial charge in [0.1, 0.15) is 0 Å². The van der Waals surface area contributed by atoms with E-state index in [1.165, 1.54) is 24.3 Å². The van der Waals surface area contributed by atoms with E-state index in [0.717, 1.165) is 22.4 Å². The summed E-state index contributed by atoms with van der Waals surface area (Å²) in [7, 11) is -3.68. The van der Waals surface area contributed by atoms with E-state index >= 15 is 0 Å². The Morgan fingerprint density at radius 2 is 1.79 bits per heavy atom. The molecule has 0 saturated carbocycles. The van der Waals surface area contributed by atoms with Crippen LogP contribution in [0.5, 0.6) is 0 Å². The van der Waals surface area contributed by atoms with Crippen molar-refractivity contribution in [2.75, 3.05) is 5.32 Å². The van der Waals surface area contributed by atoms with Crippen molar-refractivity contribution in [2.45, 2.75) is 25.3 Å². The fourth-order valence-electron chi connectivity index (χ4n) is 2.61. The Morgan fingerprint density at radius 3 is 2.46 bits per heavy atom. The van der Waals surface area contributed by atoms with Crippen molar-refractivity contribution in [3.63, 3.8) is 0 Å². The van der Waals surface area contributed by atoms with Gasteiger partial charge in [-0.25, -0.2) is 13.1 Å². The molecular weight excluding hydrogens is 374 g/mol. The lowest BCUT2D eigenvalue weighted by molar-refractivity contribution is 0.102. The summed E-state index contributed by atoms with van der Waals surface area (Å²) in [5.41, 5.74) is 3.88. The number of aryl methyl sites for hydroxylation is 2. The van der Waals surface area contributed by atoms with Crippen molar-refractivity contribution < 1.29 is 13.2 Å². The summed E-state index contributed by atoms with van der Waals surface area (Å²) in [6, 6.07) is 15.2. The van der Waals surface area contributed by atoms with E-state index in [0.29, 0.717) is 5.56 Å². The van der Waals surface area contributed by atoms with Crippen molar-refractivity contribution in [3.05, 3.63) is 89.2 Å². The fourth-order valence-corrected chi connectivity index (χ4v) is 3.63. The molecule has 144 valence electrons. The molecule has 0 fully saturated rings. The molecule has 2 N–H and O–H groups in total. The van der Waals surface area contributed by atoms with Crippen LogP contribution in [-0.4, -0.2) is 19.3 Å². The molecule has 0 aliphatic rings. The normalized spacial score (nSPS) is 11.2. The maximum absolute atomic E-state index is 12.5. The molecule has 1 heterocycles. The molecule has 1 amide bonds. The molecule has 6 nitrogen and oxygen atoms in total. The minimum atomic E-state index is -3.68. The molecule has 1 aromatic heterocycles. The Kier molecular flexibility index (Phi) is 5.87. The minimum absolute atomic E-state index is 0.0969. The average Bonchev–Trinajstić information content (AvgIpc) is 2.70. The largest absolute Gasteiger partial charge is 0.322 e. The van der Waals surface area contributed by atoms with Gasteiger partial charge in [0.2, 0.25) is 10.0 Å². The molecule has 0 radical (unpaired) electrons. The van der Waals surface area contributed by atoms with Gasteiger partial charge in [-0.1, -0.05) is 18.2 Å². The lowest BCUT2D eigenvalue weighted by atomic mass is 10.1. The van der Waals surface area contributed by atoms with Crippen LogP contribution < -0.4 is 10.0 Å². The zero-order chi connectivity index (χ0) is 20.1. The molecular formula is C21H21N3O3S. The average molecular weight is 395 g/mol. The first-order valence-electron chi connectivity index (χ1n) is 8.72. The quantitative estimate of drug-likeness (QED) is 0.669. The summed E-state index contributed by atoms with van der Waals surface area (Å²) in [5.74, 6) is -0.291. The number of carbonyl (C=O) groups excluding carboxylic acids is 1. The van der Waals surface area contributed by atoms with Crippen molar-refractivity contribution in [1.82, 2.24) is 9.71 Å². The molecule has 0 atom stereocenters. The van der Waals surface area contributed by atoms with Gasteiger partial charge in [-0.15, -0.1) is 0 Å². The zero-order valence-corrected chi connectivity index (χ0v) is 16.5. The Morgan fingerprint density at radius 1 is 1.04 bits per heavy atom. The summed E-state index contributed by atoms with van der Waals surface area (Å²) in [6.45, 7) is 4.01. The van der Waals surface area contributed by atoms with Crippen LogP contribution in [0.15, 0.2) is 71.9 Å². The predicted octanol–water partition coefficient (Wildman–Crippen LogP) is 3.43. The fraction of sp³-hybridized carbons (Fsp3) is 0.143. The highest BCUT2D eigenvalue weighted by atomic mass is 32.2. The van der Waals surface area contributed by atoms with Crippen molar-refractivity contribution in [1.29, 1.82) is 0 Å². The van der Waals surface area contributed by atoms with Gasteiger partial charge in [-0.2, -0.15) is 0 Å². The van der Waals surface area contributed by atoms with Gasteiger partial charge in [0.05, 0.1) is 4.90 Å². The summed E-state index contributed by atoms with van der Waals surface area (Å²) in [4.78, 5) is 16.5. The number of nitrogens with zero attached hydrogens (tertiary/aromatic N) is 1. The number of hydrogen-bond donors (Lipinski definition) is 2. The number of aromatic nitrogens is 1. The molecule has 0 aliphatic heterocycles. The van der Waals surface area contributed by atoms with E-state index in [-0.39, 0.29) is 17.3 Å². The minimum Gasteiger partial charge on any atom is -0.322 e. The van der Waals surface area contributed by atoms with Crippen LogP contribution in [0, 0.1) is 13.8 Å². The van der Waals surface area contributed by atoms with E-state index in [1.807, 2.05) is 32.0 Å². The summed E-state index contributed by atoms with van der Waals surface area (Å²) >= 11 is 0. The lowest BCUT2D eigenvalue weighted by Crippen LogP contribution is -2.23. The maximum atomic E-state index is 12.5. The summed E-state index contributed by atoms with van der Waals surface area (Å²) < 4.78 is 27.4. The van der Waals surface area contributed by atoms with Crippen LogP contribution in [0.2, 0.25) is 0 Å². The Labute approximate surface area is 164 Å². The zero-order valence-electron chi connectivity index (χ0n) is 15.6. The van der Waals surface area contributed by atoms with E-state index in [2.05, 4.69) is 15.0 Å². The molecule has 7 heteroatoms. The molecule has 0 bridgehead atoms. The van der Waals surface area contributed by atoms with Crippen LogP contribution in [-0.2, 0) is 16.6 Å². The molecule has 3 aromatic rings. The van der Waals surface area contributed by atoms with Crippen LogP contribution in [0.4, 0.5) is 5.69 Å². The third-order valence-electron chi connectivity index (χ3n) is 4.26. The molecule has 28 heavy (non-hydrogen) atoms. The standard InChI is InChI=1S/C21H21N3O3S/c1-15-5-6-16(2)20(12-15)24-21(25)18-7-9-19(10-8-18)28(26,27)23-14-17-4-3-11-22-13-17/h3-13,23H,14H2,1-2H3,(H,24,25). The molecule has 0 unspecified atom stereocenters. The number of anilines is 1. The maximum Gasteiger partial charge on any atom is 0.255 e. The van der Waals surface area contributed by atoms with Gasteiger partial charge in [-0.05, 0) is 66.9 Å². The van der Waals surface area contributed by atoms with E-state index < -0.39 is 10.0 Å². The Hall–Kier alpha value is -3.03. The number of amides is 1. The van der Waals surface area contributed by atoms with E-state index in [4.69, 9.17) is 0 Å². The molecule has 3 rings (SSSR count). The number of sulfonamides is 1. The van der Waals surface area contributed by atoms with Gasteiger partial charge in [0.25, 0.3) is 5.91 Å². The van der Waals surface area contributed by atoms with Crippen LogP contribution in [0.25, 0.3) is 0 Å². The monoisotopic (exact) mass is 395 g/mol. The Bertz CT molecular complexity index is 1080. The van der Waals surface area contributed by atoms with Gasteiger partial charge >= 0.3 is 0 Å². The molecule has 0 saturated heterocycles. The number of benzene rings is 2. The van der Waals surface area contributed by atoms with Gasteiger partial charge in [-0.3, -0.25) is 9.78 Å². The Balaban J connectivity index is 1.70. The lowest BCUT2D eigenvalue weighted by Gasteiger charge is -2.10. The molecule has 2 aromatic carbocycles. The second kappa shape index (κ2) is 8.33. The van der Waals surface area contributed by atoms with Gasteiger partial charge in [0.15, 0.2) is 0 Å². The van der Waals surface area contributed by atoms with Crippen LogP contribution in [0.1, 0.15) is 27.0 Å². The summed E-state index contributed by atoms with van der Waals surface area (Å²) in [6.07, 6.45) is 3.23. The summed E-state index contributed by atoms with van der Waals surface area (Å²) in [5, 5.41) is 2.86. The van der Waals surface area contributed by atoms with Gasteiger partial charge < -0.3 is 5.32 Å². The highest BCUT2D eigenvalue weighted by Gasteiger charge is 2.15. The van der Waals surface area contributed by atoms with Crippen molar-refractivity contribution >= 4 is 21.6 Å². The van der Waals surface area contributed by atoms with E-state index in [9.17, 15) is 13.2 Å². The first kappa shape index (κ1) is 19.7. The number of rotatable bonds is 6. The number of hydrogen-bond acceptors (Lipinski definition) is 4. The number of pyridine rings is 1. The molecule has 0 aliphatic carbocycles.